The third-order valence-corrected chi connectivity index (χ3v) is 4.04. The van der Waals surface area contributed by atoms with E-state index in [9.17, 15) is 5.11 Å². The smallest absolute Gasteiger partial charge is 0.143 e. The van der Waals surface area contributed by atoms with Crippen molar-refractivity contribution in [3.63, 3.8) is 0 Å². The molecule has 0 aliphatic carbocycles. The van der Waals surface area contributed by atoms with Crippen LogP contribution >= 0.6 is 31.9 Å². The highest BCUT2D eigenvalue weighted by Crippen LogP contribution is 2.38. The second-order valence-electron chi connectivity index (χ2n) is 4.26. The van der Waals surface area contributed by atoms with Gasteiger partial charge in [0.25, 0.3) is 0 Å². The van der Waals surface area contributed by atoms with Gasteiger partial charge < -0.3 is 14.6 Å². The molecule has 0 amide bonds. The molecule has 0 aliphatic heterocycles. The standard InChI is InChI=1S/C15H14Br2O3/c1-9(18)10-3-5-11(6-4-10)20-15-8-12(16)14(19-2)7-13(15)17/h3-9,18H,1-2H3/t9-/m0/s1. The minimum atomic E-state index is -0.481. The zero-order valence-corrected chi connectivity index (χ0v) is 14.2. The Morgan fingerprint density at radius 1 is 1.00 bits per heavy atom. The van der Waals surface area contributed by atoms with Gasteiger partial charge in [-0.1, -0.05) is 12.1 Å². The Morgan fingerprint density at radius 3 is 2.10 bits per heavy atom. The van der Waals surface area contributed by atoms with Gasteiger partial charge in [0.1, 0.15) is 17.2 Å². The number of rotatable bonds is 4. The number of halogens is 2. The predicted octanol–water partition coefficient (Wildman–Crippen LogP) is 5.07. The molecular formula is C15H14Br2O3. The molecule has 106 valence electrons. The first-order chi connectivity index (χ1) is 9.51. The lowest BCUT2D eigenvalue weighted by molar-refractivity contribution is 0.199. The van der Waals surface area contributed by atoms with Crippen LogP contribution in [0.4, 0.5) is 0 Å². The van der Waals surface area contributed by atoms with Crippen LogP contribution in [-0.4, -0.2) is 12.2 Å². The molecule has 20 heavy (non-hydrogen) atoms. The van der Waals surface area contributed by atoms with Gasteiger partial charge in [-0.15, -0.1) is 0 Å². The predicted molar refractivity (Wildman–Crippen MR) is 85.5 cm³/mol. The summed E-state index contributed by atoms with van der Waals surface area (Å²) >= 11 is 6.88. The highest BCUT2D eigenvalue weighted by atomic mass is 79.9. The molecule has 2 aromatic carbocycles. The normalized spacial score (nSPS) is 12.1. The van der Waals surface area contributed by atoms with E-state index >= 15 is 0 Å². The summed E-state index contributed by atoms with van der Waals surface area (Å²) < 4.78 is 12.6. The summed E-state index contributed by atoms with van der Waals surface area (Å²) in [7, 11) is 1.61. The molecule has 0 aliphatic rings. The van der Waals surface area contributed by atoms with Gasteiger partial charge in [0.05, 0.1) is 22.2 Å². The second-order valence-corrected chi connectivity index (χ2v) is 5.97. The molecule has 1 N–H and O–H groups in total. The van der Waals surface area contributed by atoms with Crippen LogP contribution < -0.4 is 9.47 Å². The number of aliphatic hydroxyl groups excluding tert-OH is 1. The Balaban J connectivity index is 2.23. The number of ether oxygens (including phenoxy) is 2. The molecule has 0 spiro atoms. The summed E-state index contributed by atoms with van der Waals surface area (Å²) in [6.07, 6.45) is -0.481. The lowest BCUT2D eigenvalue weighted by Crippen LogP contribution is -1.92. The Bertz CT molecular complexity index is 595. The quantitative estimate of drug-likeness (QED) is 0.777. The summed E-state index contributed by atoms with van der Waals surface area (Å²) in [5.74, 6) is 2.11. The number of hydrogen-bond acceptors (Lipinski definition) is 3. The van der Waals surface area contributed by atoms with Crippen molar-refractivity contribution in [1.29, 1.82) is 0 Å². The van der Waals surface area contributed by atoms with Crippen LogP contribution in [0.25, 0.3) is 0 Å². The van der Waals surface area contributed by atoms with E-state index in [1.165, 1.54) is 0 Å². The zero-order valence-electron chi connectivity index (χ0n) is 11.1. The van der Waals surface area contributed by atoms with E-state index in [2.05, 4.69) is 31.9 Å². The molecule has 3 nitrogen and oxygen atoms in total. The van der Waals surface area contributed by atoms with Crippen molar-refractivity contribution >= 4 is 31.9 Å². The summed E-state index contributed by atoms with van der Waals surface area (Å²) in [4.78, 5) is 0. The van der Waals surface area contributed by atoms with Gasteiger partial charge in [0.2, 0.25) is 0 Å². The summed E-state index contributed by atoms with van der Waals surface area (Å²) in [6.45, 7) is 1.73. The number of methoxy groups -OCH3 is 1. The van der Waals surface area contributed by atoms with E-state index in [4.69, 9.17) is 9.47 Å². The molecule has 0 heterocycles. The topological polar surface area (TPSA) is 38.7 Å². The van der Waals surface area contributed by atoms with Crippen molar-refractivity contribution in [2.75, 3.05) is 7.11 Å². The molecule has 2 aromatic rings. The Kier molecular flexibility index (Phi) is 5.07. The van der Waals surface area contributed by atoms with Gasteiger partial charge in [-0.25, -0.2) is 0 Å². The Morgan fingerprint density at radius 2 is 1.55 bits per heavy atom. The first-order valence-electron chi connectivity index (χ1n) is 6.00. The molecule has 1 atom stereocenters. The van der Waals surface area contributed by atoms with Crippen LogP contribution in [0.5, 0.6) is 17.2 Å². The average molecular weight is 402 g/mol. The van der Waals surface area contributed by atoms with E-state index in [-0.39, 0.29) is 0 Å². The van der Waals surface area contributed by atoms with Gasteiger partial charge >= 0.3 is 0 Å². The molecule has 0 radical (unpaired) electrons. The fourth-order valence-electron chi connectivity index (χ4n) is 1.69. The maximum Gasteiger partial charge on any atom is 0.143 e. The van der Waals surface area contributed by atoms with Crippen LogP contribution in [0.3, 0.4) is 0 Å². The Hall–Kier alpha value is -1.04. The molecule has 0 saturated heterocycles. The van der Waals surface area contributed by atoms with E-state index < -0.39 is 6.10 Å². The highest BCUT2D eigenvalue weighted by molar-refractivity contribution is 9.11. The number of benzene rings is 2. The fourth-order valence-corrected chi connectivity index (χ4v) is 2.57. The lowest BCUT2D eigenvalue weighted by atomic mass is 10.1. The third-order valence-electron chi connectivity index (χ3n) is 2.80. The van der Waals surface area contributed by atoms with Crippen LogP contribution in [0.2, 0.25) is 0 Å². The number of hydrogen-bond donors (Lipinski definition) is 1. The molecule has 0 bridgehead atoms. The summed E-state index contributed by atoms with van der Waals surface area (Å²) in [6, 6.07) is 11.0. The summed E-state index contributed by atoms with van der Waals surface area (Å²) in [5.41, 5.74) is 0.854. The van der Waals surface area contributed by atoms with E-state index in [1.807, 2.05) is 36.4 Å². The number of aliphatic hydroxyl groups is 1. The largest absolute Gasteiger partial charge is 0.496 e. The maximum atomic E-state index is 9.47. The molecule has 0 unspecified atom stereocenters. The van der Waals surface area contributed by atoms with Gasteiger partial charge in [-0.3, -0.25) is 0 Å². The van der Waals surface area contributed by atoms with E-state index in [1.54, 1.807) is 14.0 Å². The minimum Gasteiger partial charge on any atom is -0.496 e. The van der Waals surface area contributed by atoms with Crippen molar-refractivity contribution in [1.82, 2.24) is 0 Å². The van der Waals surface area contributed by atoms with Crippen molar-refractivity contribution < 1.29 is 14.6 Å². The van der Waals surface area contributed by atoms with Crippen LogP contribution in [0.1, 0.15) is 18.6 Å². The first-order valence-corrected chi connectivity index (χ1v) is 7.58. The molecule has 5 heteroatoms. The van der Waals surface area contributed by atoms with Crippen molar-refractivity contribution in [3.8, 4) is 17.2 Å². The first kappa shape index (κ1) is 15.4. The molecular weight excluding hydrogens is 388 g/mol. The van der Waals surface area contributed by atoms with Gasteiger partial charge in [0.15, 0.2) is 0 Å². The van der Waals surface area contributed by atoms with Crippen LogP contribution in [0.15, 0.2) is 45.3 Å². The highest BCUT2D eigenvalue weighted by Gasteiger charge is 2.09. The van der Waals surface area contributed by atoms with Gasteiger partial charge in [-0.2, -0.15) is 0 Å². The third kappa shape index (κ3) is 3.53. The Labute approximate surface area is 134 Å². The van der Waals surface area contributed by atoms with Crippen molar-refractivity contribution in [2.45, 2.75) is 13.0 Å². The van der Waals surface area contributed by atoms with Crippen LogP contribution in [0, 0.1) is 0 Å². The molecule has 2 rings (SSSR count). The minimum absolute atomic E-state index is 0.481. The van der Waals surface area contributed by atoms with E-state index in [0.717, 1.165) is 20.3 Å². The molecule has 0 fully saturated rings. The molecule has 0 saturated carbocycles. The van der Waals surface area contributed by atoms with Crippen molar-refractivity contribution in [2.24, 2.45) is 0 Å². The lowest BCUT2D eigenvalue weighted by Gasteiger charge is -2.12. The molecule has 0 aromatic heterocycles. The summed E-state index contributed by atoms with van der Waals surface area (Å²) in [5, 5.41) is 9.47. The van der Waals surface area contributed by atoms with Crippen LogP contribution in [-0.2, 0) is 0 Å². The van der Waals surface area contributed by atoms with Crippen molar-refractivity contribution in [3.05, 3.63) is 50.9 Å². The monoisotopic (exact) mass is 400 g/mol. The second kappa shape index (κ2) is 6.61. The van der Waals surface area contributed by atoms with Gasteiger partial charge in [-0.05, 0) is 68.6 Å². The van der Waals surface area contributed by atoms with Gasteiger partial charge in [0, 0.05) is 0 Å². The van der Waals surface area contributed by atoms with E-state index in [0.29, 0.717) is 11.5 Å². The average Bonchev–Trinajstić information content (AvgIpc) is 2.43. The maximum absolute atomic E-state index is 9.47. The zero-order chi connectivity index (χ0) is 14.7. The SMILES string of the molecule is COc1cc(Br)c(Oc2ccc([C@H](C)O)cc2)cc1Br. The fraction of sp³-hybridized carbons (Fsp3) is 0.200.